The molecule has 2 aromatic rings. The molecule has 1 heterocycles. The van der Waals surface area contributed by atoms with Crippen molar-refractivity contribution >= 4 is 23.5 Å². The van der Waals surface area contributed by atoms with E-state index in [2.05, 4.69) is 10.3 Å². The van der Waals surface area contributed by atoms with E-state index in [1.807, 2.05) is 31.2 Å². The maximum Gasteiger partial charge on any atom is 0.330 e. The number of anilines is 1. The Balaban J connectivity index is 1.73. The zero-order valence-corrected chi connectivity index (χ0v) is 15.6. The SMILES string of the molecule is Cc1ccc(SCC(=O)Nc2cc(=O)[nH]c(=O)n2C2CCCCC2)cc1. The Morgan fingerprint density at radius 1 is 1.19 bits per heavy atom. The van der Waals surface area contributed by atoms with E-state index < -0.39 is 11.2 Å². The molecule has 138 valence electrons. The summed E-state index contributed by atoms with van der Waals surface area (Å²) in [5, 5.41) is 2.75. The zero-order valence-electron chi connectivity index (χ0n) is 14.8. The van der Waals surface area contributed by atoms with Crippen LogP contribution >= 0.6 is 11.8 Å². The summed E-state index contributed by atoms with van der Waals surface area (Å²) in [4.78, 5) is 39.7. The number of nitrogens with zero attached hydrogens (tertiary/aromatic N) is 1. The summed E-state index contributed by atoms with van der Waals surface area (Å²) in [5.41, 5.74) is 0.216. The van der Waals surface area contributed by atoms with Crippen molar-refractivity contribution in [3.05, 3.63) is 56.7 Å². The molecule has 1 aromatic carbocycles. The molecule has 7 heteroatoms. The van der Waals surface area contributed by atoms with E-state index in [9.17, 15) is 14.4 Å². The molecule has 0 radical (unpaired) electrons. The van der Waals surface area contributed by atoms with Crippen LogP contribution in [0.15, 0.2) is 44.8 Å². The first-order valence-electron chi connectivity index (χ1n) is 8.88. The van der Waals surface area contributed by atoms with Crippen molar-refractivity contribution in [2.45, 2.75) is 50.0 Å². The highest BCUT2D eigenvalue weighted by Crippen LogP contribution is 2.28. The number of amides is 1. The van der Waals surface area contributed by atoms with Gasteiger partial charge in [0.2, 0.25) is 5.91 Å². The van der Waals surface area contributed by atoms with Crippen molar-refractivity contribution in [3.8, 4) is 0 Å². The number of aryl methyl sites for hydroxylation is 1. The maximum absolute atomic E-state index is 12.4. The van der Waals surface area contributed by atoms with Gasteiger partial charge in [0, 0.05) is 17.0 Å². The lowest BCUT2D eigenvalue weighted by atomic mass is 9.95. The molecule has 3 rings (SSSR count). The molecule has 1 amide bonds. The number of thioether (sulfide) groups is 1. The third-order valence-electron chi connectivity index (χ3n) is 4.57. The summed E-state index contributed by atoms with van der Waals surface area (Å²) in [7, 11) is 0. The van der Waals surface area contributed by atoms with Crippen molar-refractivity contribution in [1.82, 2.24) is 9.55 Å². The number of carbonyl (C=O) groups excluding carboxylic acids is 1. The number of rotatable bonds is 5. The standard InChI is InChI=1S/C19H23N3O3S/c1-13-7-9-15(10-8-13)26-12-18(24)20-16-11-17(23)21-19(25)22(16)14-5-3-2-4-6-14/h7-11,14H,2-6,12H2,1H3,(H,20,24)(H,21,23,25). The van der Waals surface area contributed by atoms with Crippen LogP contribution in [-0.4, -0.2) is 21.2 Å². The molecule has 0 aliphatic heterocycles. The minimum absolute atomic E-state index is 0.0214. The van der Waals surface area contributed by atoms with Crippen LogP contribution in [0.3, 0.4) is 0 Å². The van der Waals surface area contributed by atoms with Gasteiger partial charge in [0.05, 0.1) is 5.75 Å². The molecule has 0 spiro atoms. The quantitative estimate of drug-likeness (QED) is 0.789. The maximum atomic E-state index is 12.4. The Labute approximate surface area is 156 Å². The number of nitrogens with one attached hydrogen (secondary N) is 2. The second kappa shape index (κ2) is 8.40. The lowest BCUT2D eigenvalue weighted by molar-refractivity contribution is -0.113. The Bertz CT molecular complexity index is 880. The minimum Gasteiger partial charge on any atom is -0.311 e. The number of aromatic nitrogens is 2. The average Bonchev–Trinajstić information content (AvgIpc) is 2.61. The van der Waals surface area contributed by atoms with Gasteiger partial charge in [-0.15, -0.1) is 11.8 Å². The second-order valence-corrected chi connectivity index (χ2v) is 7.68. The van der Waals surface area contributed by atoms with Crippen molar-refractivity contribution < 1.29 is 4.79 Å². The number of hydrogen-bond acceptors (Lipinski definition) is 4. The third-order valence-corrected chi connectivity index (χ3v) is 5.59. The van der Waals surface area contributed by atoms with Gasteiger partial charge in [-0.25, -0.2) is 4.79 Å². The molecular formula is C19H23N3O3S. The van der Waals surface area contributed by atoms with Crippen molar-refractivity contribution in [3.63, 3.8) is 0 Å². The summed E-state index contributed by atoms with van der Waals surface area (Å²) >= 11 is 1.42. The summed E-state index contributed by atoms with van der Waals surface area (Å²) in [6.07, 6.45) is 5.02. The Hall–Kier alpha value is -2.28. The molecule has 2 N–H and O–H groups in total. The summed E-state index contributed by atoms with van der Waals surface area (Å²) in [5.74, 6) is 0.277. The van der Waals surface area contributed by atoms with Crippen LogP contribution in [0.1, 0.15) is 43.7 Å². The van der Waals surface area contributed by atoms with E-state index in [0.29, 0.717) is 5.82 Å². The molecule has 6 nitrogen and oxygen atoms in total. The highest BCUT2D eigenvalue weighted by Gasteiger charge is 2.20. The third kappa shape index (κ3) is 4.66. The predicted molar refractivity (Wildman–Crippen MR) is 104 cm³/mol. The Morgan fingerprint density at radius 3 is 2.58 bits per heavy atom. The molecule has 0 saturated heterocycles. The van der Waals surface area contributed by atoms with Crippen molar-refractivity contribution in [2.75, 3.05) is 11.1 Å². The molecule has 1 aromatic heterocycles. The molecule has 1 saturated carbocycles. The first-order valence-corrected chi connectivity index (χ1v) is 9.86. The van der Waals surface area contributed by atoms with Crippen LogP contribution in [0.25, 0.3) is 0 Å². The number of benzene rings is 1. The number of aromatic amines is 1. The largest absolute Gasteiger partial charge is 0.330 e. The van der Waals surface area contributed by atoms with Gasteiger partial charge in [-0.1, -0.05) is 37.0 Å². The molecule has 1 aliphatic carbocycles. The van der Waals surface area contributed by atoms with Crippen molar-refractivity contribution in [1.29, 1.82) is 0 Å². The van der Waals surface area contributed by atoms with E-state index >= 15 is 0 Å². The van der Waals surface area contributed by atoms with Crippen molar-refractivity contribution in [2.24, 2.45) is 0 Å². The lowest BCUT2D eigenvalue weighted by Gasteiger charge is -2.26. The predicted octanol–water partition coefficient (Wildman–Crippen LogP) is 3.08. The Kier molecular flexibility index (Phi) is 5.98. The first kappa shape index (κ1) is 18.5. The van der Waals surface area contributed by atoms with E-state index in [1.54, 1.807) is 0 Å². The van der Waals surface area contributed by atoms with Crippen LogP contribution in [-0.2, 0) is 4.79 Å². The minimum atomic E-state index is -0.497. The van der Waals surface area contributed by atoms with Gasteiger partial charge in [0.1, 0.15) is 5.82 Å². The second-order valence-electron chi connectivity index (χ2n) is 6.64. The van der Waals surface area contributed by atoms with E-state index in [-0.39, 0.29) is 17.7 Å². The molecular weight excluding hydrogens is 350 g/mol. The fraction of sp³-hybridized carbons (Fsp3) is 0.421. The number of carbonyl (C=O) groups is 1. The zero-order chi connectivity index (χ0) is 18.5. The van der Waals surface area contributed by atoms with E-state index in [0.717, 1.165) is 37.0 Å². The van der Waals surface area contributed by atoms with Crippen LogP contribution < -0.4 is 16.6 Å². The van der Waals surface area contributed by atoms with Crippen LogP contribution in [0.2, 0.25) is 0 Å². The average molecular weight is 373 g/mol. The van der Waals surface area contributed by atoms with Gasteiger partial charge in [-0.05, 0) is 31.9 Å². The number of hydrogen-bond donors (Lipinski definition) is 2. The van der Waals surface area contributed by atoms with E-state index in [1.165, 1.54) is 28.0 Å². The smallest absolute Gasteiger partial charge is 0.311 e. The molecule has 0 bridgehead atoms. The highest BCUT2D eigenvalue weighted by molar-refractivity contribution is 8.00. The van der Waals surface area contributed by atoms with Crippen LogP contribution in [0.4, 0.5) is 5.82 Å². The lowest BCUT2D eigenvalue weighted by Crippen LogP contribution is -2.36. The summed E-state index contributed by atoms with van der Waals surface area (Å²) in [6, 6.07) is 9.25. The fourth-order valence-electron chi connectivity index (χ4n) is 3.27. The van der Waals surface area contributed by atoms with Crippen LogP contribution in [0.5, 0.6) is 0 Å². The molecule has 1 fully saturated rings. The van der Waals surface area contributed by atoms with Gasteiger partial charge in [0.25, 0.3) is 5.56 Å². The van der Waals surface area contributed by atoms with Gasteiger partial charge in [0.15, 0.2) is 0 Å². The van der Waals surface area contributed by atoms with Gasteiger partial charge in [-0.3, -0.25) is 19.1 Å². The van der Waals surface area contributed by atoms with E-state index in [4.69, 9.17) is 0 Å². The van der Waals surface area contributed by atoms with Crippen LogP contribution in [0, 0.1) is 6.92 Å². The normalized spacial score (nSPS) is 15.0. The molecule has 0 unspecified atom stereocenters. The topological polar surface area (TPSA) is 84.0 Å². The summed E-state index contributed by atoms with van der Waals surface area (Å²) < 4.78 is 1.54. The van der Waals surface area contributed by atoms with Gasteiger partial charge < -0.3 is 5.32 Å². The highest BCUT2D eigenvalue weighted by atomic mass is 32.2. The molecule has 1 aliphatic rings. The summed E-state index contributed by atoms with van der Waals surface area (Å²) in [6.45, 7) is 2.01. The monoisotopic (exact) mass is 373 g/mol. The fourth-order valence-corrected chi connectivity index (χ4v) is 3.96. The Morgan fingerprint density at radius 2 is 1.88 bits per heavy atom. The molecule has 26 heavy (non-hydrogen) atoms. The first-order chi connectivity index (χ1) is 12.5. The van der Waals surface area contributed by atoms with Gasteiger partial charge in [-0.2, -0.15) is 0 Å². The number of H-pyrrole nitrogens is 1. The molecule has 0 atom stereocenters. The van der Waals surface area contributed by atoms with Gasteiger partial charge >= 0.3 is 5.69 Å².